The van der Waals surface area contributed by atoms with E-state index < -0.39 is 5.92 Å². The first-order valence-corrected chi connectivity index (χ1v) is 11.1. The summed E-state index contributed by atoms with van der Waals surface area (Å²) in [6, 6.07) is 11.7. The molecule has 33 heavy (non-hydrogen) atoms. The molecule has 0 radical (unpaired) electrons. The Morgan fingerprint density at radius 2 is 1.88 bits per heavy atom. The fraction of sp³-hybridized carbons (Fsp3) is 0.320. The van der Waals surface area contributed by atoms with Crippen LogP contribution in [-0.2, 0) is 10.7 Å². The number of alkyl halides is 2. The van der Waals surface area contributed by atoms with Gasteiger partial charge in [0.05, 0.1) is 35.6 Å². The van der Waals surface area contributed by atoms with Crippen LogP contribution in [0.4, 0.5) is 14.5 Å². The molecular weight excluding hydrogens is 424 g/mol. The molecule has 0 spiro atoms. The molecule has 1 unspecified atom stereocenters. The minimum absolute atomic E-state index is 0.0249. The van der Waals surface area contributed by atoms with Crippen molar-refractivity contribution in [2.45, 2.75) is 38.7 Å². The number of carbonyl (C=O) groups excluding carboxylic acids is 1. The Morgan fingerprint density at radius 1 is 1.09 bits per heavy atom. The minimum Gasteiger partial charge on any atom is -0.345 e. The summed E-state index contributed by atoms with van der Waals surface area (Å²) < 4.78 is 28.8. The number of aryl methyl sites for hydroxylation is 1. The molecule has 2 atom stereocenters. The van der Waals surface area contributed by atoms with Gasteiger partial charge in [0.2, 0.25) is 5.91 Å². The Hall–Kier alpha value is -3.55. The van der Waals surface area contributed by atoms with Crippen molar-refractivity contribution in [3.8, 4) is 5.69 Å². The number of nitrogens with zero attached hydrogens (tertiary/aromatic N) is 4. The van der Waals surface area contributed by atoms with Crippen LogP contribution >= 0.6 is 0 Å². The van der Waals surface area contributed by atoms with E-state index in [1.165, 1.54) is 12.5 Å². The first kappa shape index (κ1) is 20.1. The van der Waals surface area contributed by atoms with E-state index in [4.69, 9.17) is 0 Å². The number of aromatic amines is 1. The van der Waals surface area contributed by atoms with Gasteiger partial charge in [-0.1, -0.05) is 6.07 Å². The van der Waals surface area contributed by atoms with Crippen molar-refractivity contribution < 1.29 is 13.6 Å². The topological polar surface area (TPSA) is 66.8 Å². The number of amides is 1. The molecule has 6 nitrogen and oxygen atoms in total. The number of imidazole rings is 2. The minimum atomic E-state index is -2.99. The predicted molar refractivity (Wildman–Crippen MR) is 120 cm³/mol. The average Bonchev–Trinajstić information content (AvgIpc) is 3.25. The second-order valence-electron chi connectivity index (χ2n) is 9.22. The number of benzene rings is 2. The SMILES string of the molecule is Cc1cc(-n2cnc(C(C)(F)F)c2)ccc1[C@H]1C(C2CC2)C(=O)N1c1ccc2[nH]cnc2c1. The second-order valence-corrected chi connectivity index (χ2v) is 9.22. The quantitative estimate of drug-likeness (QED) is 0.423. The van der Waals surface area contributed by atoms with Crippen LogP contribution in [0.15, 0.2) is 55.2 Å². The highest BCUT2D eigenvalue weighted by Crippen LogP contribution is 2.54. The fourth-order valence-electron chi connectivity index (χ4n) is 4.96. The van der Waals surface area contributed by atoms with Crippen molar-refractivity contribution in [2.24, 2.45) is 11.8 Å². The maximum absolute atomic E-state index is 13.6. The van der Waals surface area contributed by atoms with Crippen molar-refractivity contribution in [3.63, 3.8) is 0 Å². The maximum Gasteiger partial charge on any atom is 0.288 e. The van der Waals surface area contributed by atoms with Crippen LogP contribution in [0.5, 0.6) is 0 Å². The zero-order valence-corrected chi connectivity index (χ0v) is 18.3. The van der Waals surface area contributed by atoms with Gasteiger partial charge in [-0.25, -0.2) is 9.97 Å². The molecule has 6 rings (SSSR count). The Labute approximate surface area is 189 Å². The van der Waals surface area contributed by atoms with Crippen molar-refractivity contribution in [1.82, 2.24) is 19.5 Å². The molecule has 2 aromatic heterocycles. The van der Waals surface area contributed by atoms with E-state index in [9.17, 15) is 13.6 Å². The standard InChI is InChI=1S/C25H23F2N5O/c1-14-9-16(31-11-21(30-13-31)25(2,26)27)5-7-18(14)23-22(15-3-4-15)24(33)32(23)17-6-8-19-20(10-17)29-12-28-19/h5-13,15,22-23H,3-4H2,1-2H3,(H,28,29)/t22?,23-/m0/s1. The highest BCUT2D eigenvalue weighted by molar-refractivity contribution is 6.04. The van der Waals surface area contributed by atoms with Crippen molar-refractivity contribution in [2.75, 3.05) is 4.90 Å². The van der Waals surface area contributed by atoms with E-state index in [1.807, 2.05) is 48.2 Å². The molecule has 1 aliphatic carbocycles. The number of rotatable bonds is 5. The van der Waals surface area contributed by atoms with Gasteiger partial charge in [-0.05, 0) is 67.1 Å². The summed E-state index contributed by atoms with van der Waals surface area (Å²) in [5.41, 5.74) is 5.19. The van der Waals surface area contributed by atoms with Gasteiger partial charge in [-0.15, -0.1) is 0 Å². The number of nitrogens with one attached hydrogen (secondary N) is 1. The summed E-state index contributed by atoms with van der Waals surface area (Å²) in [6.07, 6.45) is 6.58. The molecule has 1 saturated heterocycles. The Kier molecular flexibility index (Phi) is 4.24. The molecule has 4 aromatic rings. The molecule has 2 aliphatic rings. The molecule has 1 N–H and O–H groups in total. The largest absolute Gasteiger partial charge is 0.345 e. The van der Waals surface area contributed by atoms with Gasteiger partial charge in [0, 0.05) is 24.5 Å². The lowest BCUT2D eigenvalue weighted by Gasteiger charge is -2.48. The molecule has 2 fully saturated rings. The van der Waals surface area contributed by atoms with Gasteiger partial charge >= 0.3 is 0 Å². The number of halogens is 2. The average molecular weight is 447 g/mol. The second kappa shape index (κ2) is 6.97. The van der Waals surface area contributed by atoms with Crippen LogP contribution in [-0.4, -0.2) is 25.4 Å². The van der Waals surface area contributed by atoms with E-state index in [0.717, 1.165) is 53.3 Å². The van der Waals surface area contributed by atoms with Crippen molar-refractivity contribution in [3.05, 3.63) is 72.1 Å². The lowest BCUT2D eigenvalue weighted by atomic mass is 9.77. The van der Waals surface area contributed by atoms with E-state index in [1.54, 1.807) is 10.9 Å². The van der Waals surface area contributed by atoms with Crippen LogP contribution in [0.3, 0.4) is 0 Å². The third kappa shape index (κ3) is 3.23. The monoisotopic (exact) mass is 447 g/mol. The van der Waals surface area contributed by atoms with Crippen LogP contribution < -0.4 is 4.90 Å². The van der Waals surface area contributed by atoms with Gasteiger partial charge in [0.15, 0.2) is 0 Å². The van der Waals surface area contributed by atoms with E-state index in [2.05, 4.69) is 15.0 Å². The van der Waals surface area contributed by atoms with Crippen molar-refractivity contribution in [1.29, 1.82) is 0 Å². The van der Waals surface area contributed by atoms with E-state index in [0.29, 0.717) is 5.92 Å². The molecule has 1 amide bonds. The van der Waals surface area contributed by atoms with Gasteiger partial charge in [0.25, 0.3) is 5.92 Å². The van der Waals surface area contributed by atoms with Gasteiger partial charge in [-0.2, -0.15) is 8.78 Å². The van der Waals surface area contributed by atoms with Crippen molar-refractivity contribution >= 4 is 22.6 Å². The molecular formula is C25H23F2N5O. The molecule has 3 heterocycles. The van der Waals surface area contributed by atoms with Crippen LogP contribution in [0.25, 0.3) is 16.7 Å². The Bertz CT molecular complexity index is 1380. The van der Waals surface area contributed by atoms with Crippen LogP contribution in [0.1, 0.15) is 42.6 Å². The number of aromatic nitrogens is 4. The van der Waals surface area contributed by atoms with Crippen LogP contribution in [0, 0.1) is 18.8 Å². The lowest BCUT2D eigenvalue weighted by molar-refractivity contribution is -0.131. The summed E-state index contributed by atoms with van der Waals surface area (Å²) >= 11 is 0. The highest BCUT2D eigenvalue weighted by atomic mass is 19.3. The highest BCUT2D eigenvalue weighted by Gasteiger charge is 2.55. The summed E-state index contributed by atoms with van der Waals surface area (Å²) in [7, 11) is 0. The zero-order chi connectivity index (χ0) is 22.9. The summed E-state index contributed by atoms with van der Waals surface area (Å²) in [5, 5.41) is 0. The summed E-state index contributed by atoms with van der Waals surface area (Å²) in [6.45, 7) is 2.85. The number of H-pyrrole nitrogens is 1. The molecule has 0 bridgehead atoms. The third-order valence-electron chi connectivity index (χ3n) is 6.86. The molecule has 2 aromatic carbocycles. The summed E-state index contributed by atoms with van der Waals surface area (Å²) in [5.74, 6) is -2.43. The van der Waals surface area contributed by atoms with E-state index >= 15 is 0 Å². The zero-order valence-electron chi connectivity index (χ0n) is 18.3. The maximum atomic E-state index is 13.6. The number of anilines is 1. The number of fused-ring (bicyclic) bond motifs is 1. The first-order valence-electron chi connectivity index (χ1n) is 11.1. The molecule has 8 heteroatoms. The third-order valence-corrected chi connectivity index (χ3v) is 6.86. The van der Waals surface area contributed by atoms with Crippen LogP contribution in [0.2, 0.25) is 0 Å². The smallest absolute Gasteiger partial charge is 0.288 e. The molecule has 1 aliphatic heterocycles. The van der Waals surface area contributed by atoms with Gasteiger partial charge < -0.3 is 14.5 Å². The molecule has 1 saturated carbocycles. The fourth-order valence-corrected chi connectivity index (χ4v) is 4.96. The Morgan fingerprint density at radius 3 is 2.58 bits per heavy atom. The number of hydrogen-bond donors (Lipinski definition) is 1. The van der Waals surface area contributed by atoms with Gasteiger partial charge in [-0.3, -0.25) is 4.79 Å². The number of β-lactam (4-membered cyclic amide) rings is 1. The number of hydrogen-bond acceptors (Lipinski definition) is 3. The normalized spacial score (nSPS) is 21.0. The summed E-state index contributed by atoms with van der Waals surface area (Å²) in [4.78, 5) is 26.4. The lowest BCUT2D eigenvalue weighted by Crippen LogP contribution is -2.56. The Balaban J connectivity index is 1.37. The van der Waals surface area contributed by atoms with Gasteiger partial charge in [0.1, 0.15) is 5.69 Å². The predicted octanol–water partition coefficient (Wildman–Crippen LogP) is 5.28. The van der Waals surface area contributed by atoms with E-state index in [-0.39, 0.29) is 23.6 Å². The molecule has 168 valence electrons. The first-order chi connectivity index (χ1) is 15.8. The number of carbonyl (C=O) groups is 1.